The van der Waals surface area contributed by atoms with Crippen LogP contribution in [0.4, 0.5) is 5.69 Å². The lowest BCUT2D eigenvalue weighted by molar-refractivity contribution is -0.116. The quantitative estimate of drug-likeness (QED) is 0.860. The van der Waals surface area contributed by atoms with E-state index in [1.54, 1.807) is 18.2 Å². The lowest BCUT2D eigenvalue weighted by atomic mass is 10.2. The van der Waals surface area contributed by atoms with Crippen LogP contribution in [0.25, 0.3) is 0 Å². The summed E-state index contributed by atoms with van der Waals surface area (Å²) < 4.78 is 0.673. The number of nitrogens with zero attached hydrogens (tertiary/aromatic N) is 1. The second-order valence-corrected chi connectivity index (χ2v) is 6.15. The van der Waals surface area contributed by atoms with E-state index in [1.165, 1.54) is 24.1 Å². The highest BCUT2D eigenvalue weighted by atomic mass is 79.9. The number of nitrogens with one attached hydrogen (secondary N) is 1. The maximum atomic E-state index is 12.3. The highest BCUT2D eigenvalue weighted by Gasteiger charge is 2.18. The van der Waals surface area contributed by atoms with Gasteiger partial charge in [0.05, 0.1) is 12.1 Å². The number of aromatic hydroxyl groups is 1. The Morgan fingerprint density at radius 1 is 1.17 bits per heavy atom. The van der Waals surface area contributed by atoms with Crippen LogP contribution in [0.15, 0.2) is 46.9 Å². The molecule has 120 valence electrons. The van der Waals surface area contributed by atoms with E-state index in [0.717, 1.165) is 5.56 Å². The van der Waals surface area contributed by atoms with E-state index in [1.807, 2.05) is 19.1 Å². The molecule has 0 bridgehead atoms. The van der Waals surface area contributed by atoms with Crippen LogP contribution >= 0.6 is 15.9 Å². The Balaban J connectivity index is 2.00. The van der Waals surface area contributed by atoms with Crippen molar-refractivity contribution in [1.82, 2.24) is 4.90 Å². The Labute approximate surface area is 143 Å². The summed E-state index contributed by atoms with van der Waals surface area (Å²) in [5, 5.41) is 12.6. The van der Waals surface area contributed by atoms with Gasteiger partial charge >= 0.3 is 0 Å². The Kier molecular flexibility index (Phi) is 5.39. The minimum absolute atomic E-state index is 0.109. The molecular formula is C17H17BrN2O3. The van der Waals surface area contributed by atoms with Crippen molar-refractivity contribution in [1.29, 1.82) is 0 Å². The lowest BCUT2D eigenvalue weighted by Crippen LogP contribution is -2.34. The molecule has 2 N–H and O–H groups in total. The molecular weight excluding hydrogens is 360 g/mol. The van der Waals surface area contributed by atoms with E-state index >= 15 is 0 Å². The molecule has 0 fully saturated rings. The number of amides is 2. The molecule has 2 rings (SSSR count). The Morgan fingerprint density at radius 2 is 1.83 bits per heavy atom. The predicted octanol–water partition coefficient (Wildman–Crippen LogP) is 3.17. The maximum absolute atomic E-state index is 12.3. The summed E-state index contributed by atoms with van der Waals surface area (Å²) in [5.74, 6) is -0.856. The highest BCUT2D eigenvalue weighted by Crippen LogP contribution is 2.23. The van der Waals surface area contributed by atoms with Crippen LogP contribution in [-0.4, -0.2) is 35.4 Å². The average Bonchev–Trinajstić information content (AvgIpc) is 2.49. The van der Waals surface area contributed by atoms with Gasteiger partial charge in [-0.25, -0.2) is 0 Å². The third-order valence-corrected chi connectivity index (χ3v) is 3.75. The number of hydrogen-bond acceptors (Lipinski definition) is 3. The summed E-state index contributed by atoms with van der Waals surface area (Å²) in [4.78, 5) is 25.5. The standard InChI is InChI=1S/C17H17BrN2O3/c1-11-3-6-13(7-4-11)19-16(22)10-20(2)17(23)14-8-5-12(18)9-15(14)21/h3-9,21H,10H2,1-2H3,(H,19,22). The molecule has 5 nitrogen and oxygen atoms in total. The SMILES string of the molecule is Cc1ccc(NC(=O)CN(C)C(=O)c2ccc(Br)cc2O)cc1. The number of anilines is 1. The van der Waals surface area contributed by atoms with E-state index in [4.69, 9.17) is 0 Å². The van der Waals surface area contributed by atoms with Crippen LogP contribution in [0.2, 0.25) is 0 Å². The summed E-state index contributed by atoms with van der Waals surface area (Å²) >= 11 is 3.22. The number of phenolic OH excluding ortho intramolecular Hbond substituents is 1. The van der Waals surface area contributed by atoms with Crippen molar-refractivity contribution in [2.24, 2.45) is 0 Å². The van der Waals surface area contributed by atoms with E-state index in [2.05, 4.69) is 21.2 Å². The van der Waals surface area contributed by atoms with Gasteiger partial charge in [-0.1, -0.05) is 33.6 Å². The topological polar surface area (TPSA) is 69.6 Å². The molecule has 0 aromatic heterocycles. The smallest absolute Gasteiger partial charge is 0.257 e. The van der Waals surface area contributed by atoms with Crippen molar-refractivity contribution in [2.45, 2.75) is 6.92 Å². The van der Waals surface area contributed by atoms with Crippen LogP contribution < -0.4 is 5.32 Å². The van der Waals surface area contributed by atoms with Gasteiger partial charge in [0.2, 0.25) is 5.91 Å². The Bertz CT molecular complexity index is 729. The lowest BCUT2D eigenvalue weighted by Gasteiger charge is -2.17. The number of halogens is 1. The first-order valence-electron chi connectivity index (χ1n) is 6.97. The zero-order chi connectivity index (χ0) is 17.0. The van der Waals surface area contributed by atoms with Gasteiger partial charge in [0.15, 0.2) is 0 Å². The van der Waals surface area contributed by atoms with Crippen molar-refractivity contribution >= 4 is 33.4 Å². The number of carbonyl (C=O) groups excluding carboxylic acids is 2. The number of likely N-dealkylation sites (N-methyl/N-ethyl adjacent to an activating group) is 1. The number of benzene rings is 2. The fourth-order valence-corrected chi connectivity index (χ4v) is 2.36. The molecule has 0 spiro atoms. The van der Waals surface area contributed by atoms with Crippen LogP contribution in [-0.2, 0) is 4.79 Å². The van der Waals surface area contributed by atoms with Crippen molar-refractivity contribution in [2.75, 3.05) is 18.9 Å². The molecule has 0 unspecified atom stereocenters. The van der Waals surface area contributed by atoms with Gasteiger partial charge in [-0.2, -0.15) is 0 Å². The third-order valence-electron chi connectivity index (χ3n) is 3.25. The predicted molar refractivity (Wildman–Crippen MR) is 92.6 cm³/mol. The molecule has 0 saturated carbocycles. The number of hydrogen-bond donors (Lipinski definition) is 2. The monoisotopic (exact) mass is 376 g/mol. The zero-order valence-corrected chi connectivity index (χ0v) is 14.4. The van der Waals surface area contributed by atoms with Gasteiger partial charge < -0.3 is 15.3 Å². The van der Waals surface area contributed by atoms with Gasteiger partial charge in [-0.15, -0.1) is 0 Å². The molecule has 23 heavy (non-hydrogen) atoms. The minimum Gasteiger partial charge on any atom is -0.507 e. The molecule has 0 aliphatic carbocycles. The van der Waals surface area contributed by atoms with Gasteiger partial charge in [0.1, 0.15) is 5.75 Å². The Morgan fingerprint density at radius 3 is 2.43 bits per heavy atom. The second-order valence-electron chi connectivity index (χ2n) is 5.24. The van der Waals surface area contributed by atoms with Crippen molar-refractivity contribution < 1.29 is 14.7 Å². The second kappa shape index (κ2) is 7.28. The molecule has 2 aromatic rings. The molecule has 6 heteroatoms. The van der Waals surface area contributed by atoms with Gasteiger partial charge in [-0.05, 0) is 37.3 Å². The molecule has 2 aromatic carbocycles. The largest absolute Gasteiger partial charge is 0.507 e. The average molecular weight is 377 g/mol. The fourth-order valence-electron chi connectivity index (χ4n) is 2.02. The summed E-state index contributed by atoms with van der Waals surface area (Å²) in [6, 6.07) is 12.0. The first-order chi connectivity index (χ1) is 10.9. The normalized spacial score (nSPS) is 10.2. The summed E-state index contributed by atoms with van der Waals surface area (Å²) in [6.45, 7) is 1.85. The van der Waals surface area contributed by atoms with Crippen molar-refractivity contribution in [3.05, 3.63) is 58.1 Å². The zero-order valence-electron chi connectivity index (χ0n) is 12.8. The van der Waals surface area contributed by atoms with E-state index in [0.29, 0.717) is 10.2 Å². The molecule has 0 atom stereocenters. The molecule has 0 aliphatic heterocycles. The van der Waals surface area contributed by atoms with Crippen LogP contribution in [0.5, 0.6) is 5.75 Å². The summed E-state index contributed by atoms with van der Waals surface area (Å²) in [6.07, 6.45) is 0. The molecule has 0 aliphatic rings. The van der Waals surface area contributed by atoms with Gasteiger partial charge in [0, 0.05) is 17.2 Å². The number of carbonyl (C=O) groups is 2. The summed E-state index contributed by atoms with van der Waals surface area (Å²) in [5.41, 5.74) is 1.92. The van der Waals surface area contributed by atoms with E-state index < -0.39 is 5.91 Å². The molecule has 0 heterocycles. The Hall–Kier alpha value is -2.34. The van der Waals surface area contributed by atoms with Gasteiger partial charge in [-0.3, -0.25) is 9.59 Å². The highest BCUT2D eigenvalue weighted by molar-refractivity contribution is 9.10. The van der Waals surface area contributed by atoms with Gasteiger partial charge in [0.25, 0.3) is 5.91 Å². The van der Waals surface area contributed by atoms with Crippen LogP contribution in [0.3, 0.4) is 0 Å². The maximum Gasteiger partial charge on any atom is 0.257 e. The summed E-state index contributed by atoms with van der Waals surface area (Å²) in [7, 11) is 1.51. The number of rotatable bonds is 4. The molecule has 2 amide bonds. The van der Waals surface area contributed by atoms with Crippen LogP contribution in [0, 0.1) is 6.92 Å². The van der Waals surface area contributed by atoms with Crippen molar-refractivity contribution in [3.8, 4) is 5.75 Å². The fraction of sp³-hybridized carbons (Fsp3) is 0.176. The first kappa shape index (κ1) is 17.0. The van der Waals surface area contributed by atoms with E-state index in [9.17, 15) is 14.7 Å². The molecule has 0 radical (unpaired) electrons. The van der Waals surface area contributed by atoms with Crippen molar-refractivity contribution in [3.63, 3.8) is 0 Å². The van der Waals surface area contributed by atoms with E-state index in [-0.39, 0.29) is 23.8 Å². The molecule has 0 saturated heterocycles. The van der Waals surface area contributed by atoms with Crippen LogP contribution in [0.1, 0.15) is 15.9 Å². The number of phenols is 1. The third kappa shape index (κ3) is 4.56. The minimum atomic E-state index is -0.422. The number of aryl methyl sites for hydroxylation is 1. The first-order valence-corrected chi connectivity index (χ1v) is 7.76.